The number of carbonyl (C=O) groups excluding carboxylic acids is 2. The first kappa shape index (κ1) is 20.2. The molecule has 1 fully saturated rings. The molecule has 2 aromatic carbocycles. The van der Waals surface area contributed by atoms with E-state index in [1.54, 1.807) is 4.68 Å². The van der Waals surface area contributed by atoms with Crippen molar-refractivity contribution < 1.29 is 9.59 Å². The molecule has 0 radical (unpaired) electrons. The monoisotopic (exact) mass is 459 g/mol. The average Bonchev–Trinajstić information content (AvgIpc) is 3.38. The molecular weight excluding hydrogens is 438 g/mol. The van der Waals surface area contributed by atoms with Crippen LogP contribution in [-0.4, -0.2) is 26.6 Å². The molecule has 166 valence electrons. The van der Waals surface area contributed by atoms with E-state index in [-0.39, 0.29) is 41.7 Å². The lowest BCUT2D eigenvalue weighted by Gasteiger charge is -2.31. The largest absolute Gasteiger partial charge is 0.347 e. The molecule has 2 aliphatic heterocycles. The number of imide groups is 1. The Kier molecular flexibility index (Phi) is 4.80. The molecule has 0 saturated carbocycles. The zero-order chi connectivity index (χ0) is 22.5. The van der Waals surface area contributed by atoms with Crippen molar-refractivity contribution in [3.05, 3.63) is 82.9 Å². The second kappa shape index (κ2) is 7.85. The first-order valence-corrected chi connectivity index (χ1v) is 11.5. The van der Waals surface area contributed by atoms with Gasteiger partial charge in [0, 0.05) is 5.02 Å². The fraction of sp³-hybridized carbons (Fsp3) is 0.280. The predicted octanol–water partition coefficient (Wildman–Crippen LogP) is 4.53. The Morgan fingerprint density at radius 2 is 1.55 bits per heavy atom. The van der Waals surface area contributed by atoms with Crippen molar-refractivity contribution in [2.24, 2.45) is 11.8 Å². The average molecular weight is 460 g/mol. The molecule has 3 aliphatic rings. The van der Waals surface area contributed by atoms with E-state index in [9.17, 15) is 9.59 Å². The van der Waals surface area contributed by atoms with Crippen LogP contribution in [0.5, 0.6) is 0 Å². The van der Waals surface area contributed by atoms with Crippen LogP contribution >= 0.6 is 11.6 Å². The van der Waals surface area contributed by atoms with Gasteiger partial charge in [0.05, 0.1) is 23.9 Å². The van der Waals surface area contributed by atoms with Crippen LogP contribution in [0.4, 0.5) is 11.9 Å². The molecule has 3 heterocycles. The maximum absolute atomic E-state index is 13.1. The predicted molar refractivity (Wildman–Crippen MR) is 125 cm³/mol. The van der Waals surface area contributed by atoms with E-state index in [0.717, 1.165) is 17.5 Å². The number of allylic oxidation sites excluding steroid dienone is 2. The van der Waals surface area contributed by atoms with Gasteiger partial charge in [-0.25, -0.2) is 9.58 Å². The Morgan fingerprint density at radius 3 is 2.21 bits per heavy atom. The lowest BCUT2D eigenvalue weighted by Crippen LogP contribution is -2.32. The summed E-state index contributed by atoms with van der Waals surface area (Å²) >= 11 is 6.12. The number of carbonyl (C=O) groups is 2. The van der Waals surface area contributed by atoms with Gasteiger partial charge in [-0.1, -0.05) is 66.2 Å². The van der Waals surface area contributed by atoms with Crippen LogP contribution in [0.3, 0.4) is 0 Å². The number of anilines is 2. The quantitative estimate of drug-likeness (QED) is 0.459. The molecular formula is C25H22ClN5O2. The number of amides is 2. The van der Waals surface area contributed by atoms with E-state index in [1.807, 2.05) is 54.6 Å². The number of rotatable bonds is 3. The smallest absolute Gasteiger partial charge is 0.260 e. The van der Waals surface area contributed by atoms with E-state index < -0.39 is 0 Å². The normalized spacial score (nSPS) is 26.2. The van der Waals surface area contributed by atoms with Gasteiger partial charge in [0.2, 0.25) is 17.8 Å². The summed E-state index contributed by atoms with van der Waals surface area (Å²) < 4.78 is 1.79. The van der Waals surface area contributed by atoms with Gasteiger partial charge < -0.3 is 5.32 Å². The summed E-state index contributed by atoms with van der Waals surface area (Å²) in [5.41, 5.74) is 2.18. The second-order valence-electron chi connectivity index (χ2n) is 8.76. The van der Waals surface area contributed by atoms with Crippen molar-refractivity contribution >= 4 is 35.3 Å². The molecule has 7 nitrogen and oxygen atoms in total. The SMILES string of the molecule is O=C1[C@H]2CC=CC[C@@H]2C(=O)N1c1nc2n(n1)[C@@H](c1ccc(Cl)cc1)C[C@@H](c1ccccc1)N2. The molecule has 0 bridgehead atoms. The molecule has 8 heteroatoms. The summed E-state index contributed by atoms with van der Waals surface area (Å²) in [7, 11) is 0. The second-order valence-corrected chi connectivity index (χ2v) is 9.19. The fourth-order valence-electron chi connectivity index (χ4n) is 5.12. The van der Waals surface area contributed by atoms with E-state index in [2.05, 4.69) is 27.5 Å². The summed E-state index contributed by atoms with van der Waals surface area (Å²) in [5.74, 6) is -0.367. The van der Waals surface area contributed by atoms with Crippen LogP contribution in [0.15, 0.2) is 66.7 Å². The molecule has 4 atom stereocenters. The van der Waals surface area contributed by atoms with E-state index in [1.165, 1.54) is 4.90 Å². The van der Waals surface area contributed by atoms with E-state index in [0.29, 0.717) is 23.8 Å². The van der Waals surface area contributed by atoms with Crippen LogP contribution in [0, 0.1) is 11.8 Å². The van der Waals surface area contributed by atoms with Crippen molar-refractivity contribution in [3.8, 4) is 0 Å². The highest BCUT2D eigenvalue weighted by molar-refractivity contribution is 6.30. The molecule has 1 aromatic heterocycles. The molecule has 6 rings (SSSR count). The minimum atomic E-state index is -0.319. The number of hydrogen-bond acceptors (Lipinski definition) is 5. The molecule has 1 aliphatic carbocycles. The number of nitrogens with one attached hydrogen (secondary N) is 1. The van der Waals surface area contributed by atoms with Gasteiger partial charge in [0.1, 0.15) is 0 Å². The summed E-state index contributed by atoms with van der Waals surface area (Å²) in [4.78, 5) is 32.0. The Bertz CT molecular complexity index is 1230. The summed E-state index contributed by atoms with van der Waals surface area (Å²) in [6.07, 6.45) is 5.86. The molecule has 0 unspecified atom stereocenters. The van der Waals surface area contributed by atoms with E-state index in [4.69, 9.17) is 11.6 Å². The number of benzene rings is 2. The van der Waals surface area contributed by atoms with Gasteiger partial charge in [0.15, 0.2) is 0 Å². The van der Waals surface area contributed by atoms with Gasteiger partial charge in [-0.15, -0.1) is 5.10 Å². The van der Waals surface area contributed by atoms with Crippen LogP contribution in [0.1, 0.15) is 42.5 Å². The first-order chi connectivity index (χ1) is 16.1. The maximum Gasteiger partial charge on any atom is 0.260 e. The number of nitrogens with zero attached hydrogens (tertiary/aromatic N) is 4. The highest BCUT2D eigenvalue weighted by Crippen LogP contribution is 2.41. The summed E-state index contributed by atoms with van der Waals surface area (Å²) in [6, 6.07) is 17.7. The number of aromatic nitrogens is 3. The zero-order valence-corrected chi connectivity index (χ0v) is 18.5. The van der Waals surface area contributed by atoms with Crippen molar-refractivity contribution in [1.29, 1.82) is 0 Å². The molecule has 33 heavy (non-hydrogen) atoms. The molecule has 1 N–H and O–H groups in total. The van der Waals surface area contributed by atoms with Gasteiger partial charge >= 0.3 is 0 Å². The molecule has 3 aromatic rings. The van der Waals surface area contributed by atoms with Crippen LogP contribution in [-0.2, 0) is 9.59 Å². The standard InChI is InChI=1S/C25H22ClN5O2/c26-17-12-10-16(11-13-17)21-14-20(15-6-2-1-3-7-15)27-24-28-25(29-31(21)24)30-22(32)18-8-4-5-9-19(18)23(30)33/h1-7,10-13,18-21H,8-9,14H2,(H,27,28,29)/t18-,19-,20-,21+/m0/s1. The van der Waals surface area contributed by atoms with Crippen molar-refractivity contribution in [3.63, 3.8) is 0 Å². The summed E-state index contributed by atoms with van der Waals surface area (Å²) in [5, 5.41) is 8.80. The zero-order valence-electron chi connectivity index (χ0n) is 17.8. The Balaban J connectivity index is 1.41. The van der Waals surface area contributed by atoms with Crippen molar-refractivity contribution in [2.45, 2.75) is 31.3 Å². The number of halogens is 1. The fourth-order valence-corrected chi connectivity index (χ4v) is 5.25. The highest BCUT2D eigenvalue weighted by atomic mass is 35.5. The third-order valence-corrected chi connectivity index (χ3v) is 7.09. The van der Waals surface area contributed by atoms with Crippen LogP contribution < -0.4 is 10.2 Å². The van der Waals surface area contributed by atoms with Gasteiger partial charge in [-0.3, -0.25) is 9.59 Å². The maximum atomic E-state index is 13.1. The third-order valence-electron chi connectivity index (χ3n) is 6.84. The summed E-state index contributed by atoms with van der Waals surface area (Å²) in [6.45, 7) is 0. The molecule has 2 amide bonds. The van der Waals surface area contributed by atoms with Crippen molar-refractivity contribution in [1.82, 2.24) is 14.8 Å². The molecule has 0 spiro atoms. The first-order valence-electron chi connectivity index (χ1n) is 11.2. The van der Waals surface area contributed by atoms with Gasteiger partial charge in [0.25, 0.3) is 5.95 Å². The Hall–Kier alpha value is -3.45. The van der Waals surface area contributed by atoms with Crippen LogP contribution in [0.2, 0.25) is 5.02 Å². The van der Waals surface area contributed by atoms with Crippen molar-refractivity contribution in [2.75, 3.05) is 10.2 Å². The number of hydrogen-bond donors (Lipinski definition) is 1. The van der Waals surface area contributed by atoms with E-state index >= 15 is 0 Å². The Morgan fingerprint density at radius 1 is 0.879 bits per heavy atom. The highest BCUT2D eigenvalue weighted by Gasteiger charge is 2.49. The molecule has 1 saturated heterocycles. The topological polar surface area (TPSA) is 80.1 Å². The minimum Gasteiger partial charge on any atom is -0.347 e. The minimum absolute atomic E-state index is 0.00758. The lowest BCUT2D eigenvalue weighted by molar-refractivity contribution is -0.122. The van der Waals surface area contributed by atoms with Gasteiger partial charge in [-0.05, 0) is 42.5 Å². The lowest BCUT2D eigenvalue weighted by atomic mass is 9.85. The Labute approximate surface area is 196 Å². The van der Waals surface area contributed by atoms with Crippen LogP contribution in [0.25, 0.3) is 0 Å². The number of fused-ring (bicyclic) bond motifs is 2. The van der Waals surface area contributed by atoms with Gasteiger partial charge in [-0.2, -0.15) is 4.98 Å². The third kappa shape index (κ3) is 3.35.